The van der Waals surface area contributed by atoms with Gasteiger partial charge in [0, 0.05) is 6.21 Å². The molecule has 5 heteroatoms. The van der Waals surface area contributed by atoms with Gasteiger partial charge < -0.3 is 10.5 Å². The summed E-state index contributed by atoms with van der Waals surface area (Å²) in [5.74, 6) is -0.386. The van der Waals surface area contributed by atoms with Crippen LogP contribution in [0.4, 0.5) is 0 Å². The van der Waals surface area contributed by atoms with E-state index >= 15 is 0 Å². The fourth-order valence-corrected chi connectivity index (χ4v) is 0.689. The summed E-state index contributed by atoms with van der Waals surface area (Å²) < 4.78 is 5.12. The highest BCUT2D eigenvalue weighted by molar-refractivity contribution is 6.32. The SMILES string of the molecule is [B]C(C=NC(C)C(=O)OC(C)(C)C)=CN. The second kappa shape index (κ2) is 5.58. The molecule has 1 unspecified atom stereocenters. The van der Waals surface area contributed by atoms with Crippen LogP contribution in [0.25, 0.3) is 0 Å². The van der Waals surface area contributed by atoms with Gasteiger partial charge in [0.2, 0.25) is 0 Å². The largest absolute Gasteiger partial charge is 0.458 e. The zero-order valence-corrected chi connectivity index (χ0v) is 9.65. The standard InChI is InChI=1S/C10H17BN2O2/c1-7(13-6-8(11)5-12)9(14)15-10(2,3)4/h5-7H,12H2,1-4H3. The molecule has 0 aromatic carbocycles. The number of allylic oxidation sites excluding steroid dienone is 1. The third-order valence-corrected chi connectivity index (χ3v) is 1.39. The van der Waals surface area contributed by atoms with E-state index in [-0.39, 0.29) is 5.97 Å². The number of rotatable bonds is 3. The van der Waals surface area contributed by atoms with Crippen LogP contribution in [-0.4, -0.2) is 31.7 Å². The van der Waals surface area contributed by atoms with Gasteiger partial charge in [0.15, 0.2) is 0 Å². The predicted octanol–water partition coefficient (Wildman–Crippen LogP) is 0.756. The van der Waals surface area contributed by atoms with Crippen LogP contribution in [0.2, 0.25) is 0 Å². The fourth-order valence-electron chi connectivity index (χ4n) is 0.689. The van der Waals surface area contributed by atoms with E-state index in [1.54, 1.807) is 27.7 Å². The molecule has 4 nitrogen and oxygen atoms in total. The smallest absolute Gasteiger partial charge is 0.331 e. The Kier molecular flexibility index (Phi) is 5.12. The van der Waals surface area contributed by atoms with Gasteiger partial charge in [0.1, 0.15) is 19.5 Å². The average molecular weight is 208 g/mol. The molecule has 2 radical (unpaired) electrons. The molecular weight excluding hydrogens is 191 g/mol. The number of esters is 1. The van der Waals surface area contributed by atoms with Crippen LogP contribution in [0, 0.1) is 0 Å². The Hall–Kier alpha value is -1.26. The molecule has 0 rings (SSSR count). The maximum absolute atomic E-state index is 11.4. The van der Waals surface area contributed by atoms with Gasteiger partial charge in [-0.25, -0.2) is 4.79 Å². The van der Waals surface area contributed by atoms with E-state index in [0.717, 1.165) is 0 Å². The molecule has 0 bridgehead atoms. The van der Waals surface area contributed by atoms with Crippen molar-refractivity contribution in [2.24, 2.45) is 10.7 Å². The number of nitrogens with zero attached hydrogens (tertiary/aromatic N) is 1. The highest BCUT2D eigenvalue weighted by Crippen LogP contribution is 2.09. The normalized spacial score (nSPS) is 15.3. The molecule has 0 aromatic heterocycles. The summed E-state index contributed by atoms with van der Waals surface area (Å²) in [4.78, 5) is 15.3. The summed E-state index contributed by atoms with van der Waals surface area (Å²) in [6.45, 7) is 7.04. The summed E-state index contributed by atoms with van der Waals surface area (Å²) in [5, 5.41) is 0. The van der Waals surface area contributed by atoms with Gasteiger partial charge >= 0.3 is 5.97 Å². The number of hydrogen-bond acceptors (Lipinski definition) is 4. The van der Waals surface area contributed by atoms with E-state index in [0.29, 0.717) is 5.47 Å². The Morgan fingerprint density at radius 2 is 2.07 bits per heavy atom. The van der Waals surface area contributed by atoms with Gasteiger partial charge in [-0.1, -0.05) is 5.47 Å². The predicted molar refractivity (Wildman–Crippen MR) is 61.8 cm³/mol. The minimum Gasteiger partial charge on any atom is -0.458 e. The molecule has 82 valence electrons. The molecule has 0 spiro atoms. The lowest BCUT2D eigenvalue weighted by Crippen LogP contribution is -2.29. The number of nitrogens with two attached hydrogens (primary N) is 1. The maximum Gasteiger partial charge on any atom is 0.331 e. The van der Waals surface area contributed by atoms with Gasteiger partial charge in [-0.05, 0) is 33.9 Å². The molecule has 0 fully saturated rings. The molecule has 2 N–H and O–H groups in total. The Labute approximate surface area is 92.0 Å². The quantitative estimate of drug-likeness (QED) is 0.423. The van der Waals surface area contributed by atoms with Crippen molar-refractivity contribution >= 4 is 20.0 Å². The molecular formula is C10H17BN2O2. The highest BCUT2D eigenvalue weighted by Gasteiger charge is 2.20. The first-order valence-corrected chi connectivity index (χ1v) is 4.69. The summed E-state index contributed by atoms with van der Waals surface area (Å²) in [6, 6.07) is -0.581. The number of carbonyl (C=O) groups excluding carboxylic acids is 1. The van der Waals surface area contributed by atoms with Crippen LogP contribution in [0.1, 0.15) is 27.7 Å². The van der Waals surface area contributed by atoms with Gasteiger partial charge in [-0.15, -0.1) is 0 Å². The van der Waals surface area contributed by atoms with Crippen LogP contribution in [-0.2, 0) is 9.53 Å². The summed E-state index contributed by atoms with van der Waals surface area (Å²) in [6.07, 6.45) is 2.56. The van der Waals surface area contributed by atoms with E-state index in [4.69, 9.17) is 18.3 Å². The van der Waals surface area contributed by atoms with E-state index in [1.165, 1.54) is 12.4 Å². The minimum absolute atomic E-state index is 0.311. The Morgan fingerprint density at radius 1 is 1.53 bits per heavy atom. The first-order valence-electron chi connectivity index (χ1n) is 4.69. The molecule has 1 atom stereocenters. The fraction of sp³-hybridized carbons (Fsp3) is 0.600. The second-order valence-corrected chi connectivity index (χ2v) is 4.15. The maximum atomic E-state index is 11.4. The van der Waals surface area contributed by atoms with Crippen LogP contribution in [0.3, 0.4) is 0 Å². The summed E-state index contributed by atoms with van der Waals surface area (Å²) >= 11 is 0. The number of hydrogen-bond donors (Lipinski definition) is 1. The molecule has 0 amide bonds. The van der Waals surface area contributed by atoms with Crippen LogP contribution >= 0.6 is 0 Å². The number of carbonyl (C=O) groups is 1. The van der Waals surface area contributed by atoms with Gasteiger partial charge in [0.05, 0.1) is 0 Å². The third kappa shape index (κ3) is 6.77. The average Bonchev–Trinajstić information content (AvgIpc) is 2.10. The van der Waals surface area contributed by atoms with Crippen LogP contribution < -0.4 is 5.73 Å². The first-order chi connectivity index (χ1) is 6.76. The molecule has 15 heavy (non-hydrogen) atoms. The van der Waals surface area contributed by atoms with Crippen molar-refractivity contribution in [2.45, 2.75) is 39.3 Å². The molecule has 0 aliphatic rings. The zero-order valence-electron chi connectivity index (χ0n) is 9.65. The van der Waals surface area contributed by atoms with E-state index in [1.807, 2.05) is 0 Å². The summed E-state index contributed by atoms with van der Waals surface area (Å²) in [5.41, 5.74) is 4.95. The van der Waals surface area contributed by atoms with Crippen LogP contribution in [0.15, 0.2) is 16.7 Å². The molecule has 0 heterocycles. The number of aliphatic imine (C=N–C) groups is 1. The van der Waals surface area contributed by atoms with Gasteiger partial charge in [0.25, 0.3) is 0 Å². The Balaban J connectivity index is 4.29. The molecule has 0 aliphatic carbocycles. The third-order valence-electron chi connectivity index (χ3n) is 1.39. The van der Waals surface area contributed by atoms with Crippen molar-refractivity contribution in [3.05, 3.63) is 11.7 Å². The lowest BCUT2D eigenvalue weighted by Gasteiger charge is -2.20. The van der Waals surface area contributed by atoms with Crippen molar-refractivity contribution in [3.63, 3.8) is 0 Å². The second-order valence-electron chi connectivity index (χ2n) is 4.15. The zero-order chi connectivity index (χ0) is 12.1. The molecule has 0 saturated heterocycles. The first kappa shape index (κ1) is 13.7. The van der Waals surface area contributed by atoms with E-state index < -0.39 is 11.6 Å². The van der Waals surface area contributed by atoms with Crippen molar-refractivity contribution in [3.8, 4) is 0 Å². The van der Waals surface area contributed by atoms with Gasteiger partial charge in [-0.3, -0.25) is 4.99 Å². The summed E-state index contributed by atoms with van der Waals surface area (Å²) in [7, 11) is 5.38. The Bertz CT molecular complexity index is 280. The minimum atomic E-state index is -0.581. The van der Waals surface area contributed by atoms with Crippen molar-refractivity contribution in [2.75, 3.05) is 0 Å². The van der Waals surface area contributed by atoms with Crippen molar-refractivity contribution in [1.29, 1.82) is 0 Å². The van der Waals surface area contributed by atoms with Crippen molar-refractivity contribution in [1.82, 2.24) is 0 Å². The molecule has 0 saturated carbocycles. The molecule has 0 aromatic rings. The highest BCUT2D eigenvalue weighted by atomic mass is 16.6. The van der Waals surface area contributed by atoms with Gasteiger partial charge in [-0.2, -0.15) is 0 Å². The van der Waals surface area contributed by atoms with E-state index in [9.17, 15) is 4.79 Å². The molecule has 0 aliphatic heterocycles. The van der Waals surface area contributed by atoms with E-state index in [2.05, 4.69) is 4.99 Å². The Morgan fingerprint density at radius 3 is 2.47 bits per heavy atom. The van der Waals surface area contributed by atoms with Crippen molar-refractivity contribution < 1.29 is 9.53 Å². The number of ether oxygens (including phenoxy) is 1. The monoisotopic (exact) mass is 208 g/mol. The lowest BCUT2D eigenvalue weighted by atomic mass is 9.98. The van der Waals surface area contributed by atoms with Crippen LogP contribution in [0.5, 0.6) is 0 Å². The lowest BCUT2D eigenvalue weighted by molar-refractivity contribution is -0.155. The topological polar surface area (TPSA) is 64.7 Å².